The van der Waals surface area contributed by atoms with Gasteiger partial charge in [-0.3, -0.25) is 5.10 Å². The normalized spacial score (nSPS) is 13.4. The predicted molar refractivity (Wildman–Crippen MR) is 85.6 cm³/mol. The van der Waals surface area contributed by atoms with Gasteiger partial charge in [-0.25, -0.2) is 18.1 Å². The number of sulfonamides is 1. The van der Waals surface area contributed by atoms with Crippen LogP contribution in [0.1, 0.15) is 37.7 Å². The third kappa shape index (κ3) is 5.23. The third-order valence-corrected chi connectivity index (χ3v) is 4.77. The number of nitrogens with one attached hydrogen (secondary N) is 2. The average Bonchev–Trinajstić information content (AvgIpc) is 2.98. The van der Waals surface area contributed by atoms with Crippen molar-refractivity contribution >= 4 is 10.0 Å². The first-order chi connectivity index (χ1) is 10.5. The average molecular weight is 322 g/mol. The highest BCUT2D eigenvalue weighted by molar-refractivity contribution is 7.89. The van der Waals surface area contributed by atoms with E-state index < -0.39 is 10.0 Å². The monoisotopic (exact) mass is 322 g/mol. The SMILES string of the molecule is CC(C)CCS(=O)(=O)NC(Cc1ncn[nH]1)c1ccccc1. The molecule has 0 aliphatic heterocycles. The number of hydrogen-bond donors (Lipinski definition) is 2. The molecule has 0 amide bonds. The fraction of sp³-hybridized carbons (Fsp3) is 0.467. The Morgan fingerprint density at radius 1 is 1.23 bits per heavy atom. The number of nitrogens with zero attached hydrogens (tertiary/aromatic N) is 2. The fourth-order valence-electron chi connectivity index (χ4n) is 2.10. The summed E-state index contributed by atoms with van der Waals surface area (Å²) in [7, 11) is -3.34. The second-order valence-electron chi connectivity index (χ2n) is 5.72. The lowest BCUT2D eigenvalue weighted by atomic mass is 10.0. The summed E-state index contributed by atoms with van der Waals surface area (Å²) < 4.78 is 27.4. The van der Waals surface area contributed by atoms with Crippen LogP contribution in [0.4, 0.5) is 0 Å². The number of aromatic amines is 1. The van der Waals surface area contributed by atoms with Crippen molar-refractivity contribution in [2.75, 3.05) is 5.75 Å². The fourth-order valence-corrected chi connectivity index (χ4v) is 3.65. The first-order valence-electron chi connectivity index (χ1n) is 7.35. The Hall–Kier alpha value is -1.73. The topological polar surface area (TPSA) is 87.7 Å². The quantitative estimate of drug-likeness (QED) is 0.778. The molecule has 0 bridgehead atoms. The molecule has 0 fully saturated rings. The molecular weight excluding hydrogens is 300 g/mol. The van der Waals surface area contributed by atoms with Crippen LogP contribution >= 0.6 is 0 Å². The highest BCUT2D eigenvalue weighted by atomic mass is 32.2. The molecule has 0 radical (unpaired) electrons. The molecule has 6 nitrogen and oxygen atoms in total. The van der Waals surface area contributed by atoms with Crippen LogP contribution < -0.4 is 4.72 Å². The molecule has 7 heteroatoms. The molecule has 1 aromatic heterocycles. The number of benzene rings is 1. The van der Waals surface area contributed by atoms with Crippen molar-refractivity contribution in [3.8, 4) is 0 Å². The minimum atomic E-state index is -3.34. The van der Waals surface area contributed by atoms with Gasteiger partial charge in [0, 0.05) is 6.42 Å². The molecular formula is C15H22N4O2S. The van der Waals surface area contributed by atoms with Crippen LogP contribution in [-0.2, 0) is 16.4 Å². The minimum Gasteiger partial charge on any atom is -0.263 e. The van der Waals surface area contributed by atoms with E-state index >= 15 is 0 Å². The number of hydrogen-bond acceptors (Lipinski definition) is 4. The Kier molecular flexibility index (Phi) is 5.68. The summed E-state index contributed by atoms with van der Waals surface area (Å²) in [5, 5.41) is 6.59. The van der Waals surface area contributed by atoms with Gasteiger partial charge in [0.25, 0.3) is 0 Å². The maximum absolute atomic E-state index is 12.3. The highest BCUT2D eigenvalue weighted by Gasteiger charge is 2.21. The van der Waals surface area contributed by atoms with Crippen LogP contribution in [0.15, 0.2) is 36.7 Å². The van der Waals surface area contributed by atoms with Crippen LogP contribution in [0.2, 0.25) is 0 Å². The molecule has 0 aliphatic rings. The molecule has 2 rings (SSSR count). The van der Waals surface area contributed by atoms with Crippen molar-refractivity contribution in [2.24, 2.45) is 5.92 Å². The van der Waals surface area contributed by atoms with Gasteiger partial charge >= 0.3 is 0 Å². The zero-order valence-corrected chi connectivity index (χ0v) is 13.7. The van der Waals surface area contributed by atoms with E-state index in [0.717, 1.165) is 5.56 Å². The Morgan fingerprint density at radius 2 is 1.95 bits per heavy atom. The molecule has 1 heterocycles. The van der Waals surface area contributed by atoms with Crippen molar-refractivity contribution < 1.29 is 8.42 Å². The lowest BCUT2D eigenvalue weighted by Crippen LogP contribution is -2.32. The molecule has 1 atom stereocenters. The third-order valence-electron chi connectivity index (χ3n) is 3.35. The molecule has 22 heavy (non-hydrogen) atoms. The van der Waals surface area contributed by atoms with Crippen molar-refractivity contribution in [1.29, 1.82) is 0 Å². The van der Waals surface area contributed by atoms with Gasteiger partial charge in [0.05, 0.1) is 11.8 Å². The van der Waals surface area contributed by atoms with Gasteiger partial charge in [0.1, 0.15) is 12.2 Å². The molecule has 0 saturated carbocycles. The van der Waals surface area contributed by atoms with Crippen LogP contribution in [0.25, 0.3) is 0 Å². The van der Waals surface area contributed by atoms with Gasteiger partial charge in [-0.2, -0.15) is 5.10 Å². The van der Waals surface area contributed by atoms with Crippen LogP contribution in [-0.4, -0.2) is 29.4 Å². The number of rotatable bonds is 8. The van der Waals surface area contributed by atoms with Gasteiger partial charge in [0.15, 0.2) is 0 Å². The second kappa shape index (κ2) is 7.51. The smallest absolute Gasteiger partial charge is 0.212 e. The van der Waals surface area contributed by atoms with Gasteiger partial charge in [-0.1, -0.05) is 44.2 Å². The van der Waals surface area contributed by atoms with E-state index in [-0.39, 0.29) is 11.8 Å². The van der Waals surface area contributed by atoms with E-state index in [4.69, 9.17) is 0 Å². The van der Waals surface area contributed by atoms with Crippen molar-refractivity contribution in [3.63, 3.8) is 0 Å². The van der Waals surface area contributed by atoms with E-state index in [1.165, 1.54) is 6.33 Å². The number of aromatic nitrogens is 3. The van der Waals surface area contributed by atoms with Gasteiger partial charge in [0.2, 0.25) is 10.0 Å². The highest BCUT2D eigenvalue weighted by Crippen LogP contribution is 2.18. The lowest BCUT2D eigenvalue weighted by Gasteiger charge is -2.18. The summed E-state index contributed by atoms with van der Waals surface area (Å²) in [5.41, 5.74) is 0.909. The Bertz CT molecular complexity index is 654. The maximum Gasteiger partial charge on any atom is 0.212 e. The summed E-state index contributed by atoms with van der Waals surface area (Å²) in [4.78, 5) is 4.08. The molecule has 0 saturated heterocycles. The Labute approximate surface area is 131 Å². The summed E-state index contributed by atoms with van der Waals surface area (Å²) in [5.74, 6) is 1.13. The molecule has 2 N–H and O–H groups in total. The Balaban J connectivity index is 2.14. The van der Waals surface area contributed by atoms with Gasteiger partial charge < -0.3 is 0 Å². The van der Waals surface area contributed by atoms with Crippen LogP contribution in [0.5, 0.6) is 0 Å². The molecule has 0 spiro atoms. The molecule has 120 valence electrons. The molecule has 2 aromatic rings. The first-order valence-corrected chi connectivity index (χ1v) is 9.00. The van der Waals surface area contributed by atoms with E-state index in [2.05, 4.69) is 19.9 Å². The van der Waals surface area contributed by atoms with E-state index in [1.54, 1.807) is 0 Å². The standard InChI is InChI=1S/C15H22N4O2S/c1-12(2)8-9-22(20,21)19-14(10-15-16-11-17-18-15)13-6-4-3-5-7-13/h3-7,11-12,14,19H,8-10H2,1-2H3,(H,16,17,18). The lowest BCUT2D eigenvalue weighted by molar-refractivity contribution is 0.537. The predicted octanol–water partition coefficient (Wildman–Crippen LogP) is 2.05. The Morgan fingerprint density at radius 3 is 2.55 bits per heavy atom. The van der Waals surface area contributed by atoms with Crippen molar-refractivity contribution in [1.82, 2.24) is 19.9 Å². The van der Waals surface area contributed by atoms with E-state index in [0.29, 0.717) is 24.6 Å². The molecule has 0 aliphatic carbocycles. The molecule has 1 unspecified atom stereocenters. The van der Waals surface area contributed by atoms with E-state index in [9.17, 15) is 8.42 Å². The number of H-pyrrole nitrogens is 1. The van der Waals surface area contributed by atoms with Crippen LogP contribution in [0, 0.1) is 5.92 Å². The maximum atomic E-state index is 12.3. The minimum absolute atomic E-state index is 0.129. The van der Waals surface area contributed by atoms with Gasteiger partial charge in [-0.15, -0.1) is 0 Å². The molecule has 1 aromatic carbocycles. The van der Waals surface area contributed by atoms with Crippen LogP contribution in [0.3, 0.4) is 0 Å². The van der Waals surface area contributed by atoms with Gasteiger partial charge in [-0.05, 0) is 17.9 Å². The first kappa shape index (κ1) is 16.6. The zero-order chi connectivity index (χ0) is 16.0. The second-order valence-corrected chi connectivity index (χ2v) is 7.59. The van der Waals surface area contributed by atoms with E-state index in [1.807, 2.05) is 44.2 Å². The van der Waals surface area contributed by atoms with Crippen molar-refractivity contribution in [2.45, 2.75) is 32.7 Å². The summed E-state index contributed by atoms with van der Waals surface area (Å²) in [6.07, 6.45) is 2.49. The zero-order valence-electron chi connectivity index (χ0n) is 12.9. The summed E-state index contributed by atoms with van der Waals surface area (Å²) in [6, 6.07) is 9.16. The largest absolute Gasteiger partial charge is 0.263 e. The summed E-state index contributed by atoms with van der Waals surface area (Å²) >= 11 is 0. The summed E-state index contributed by atoms with van der Waals surface area (Å²) in [6.45, 7) is 4.03. The van der Waals surface area contributed by atoms with Crippen molar-refractivity contribution in [3.05, 3.63) is 48.0 Å².